The molecule has 0 aliphatic carbocycles. The minimum Gasteiger partial charge on any atom is -0.495 e. The molecule has 0 spiro atoms. The number of nitrogens with one attached hydrogen (secondary N) is 1. The second-order valence-corrected chi connectivity index (χ2v) is 4.31. The lowest BCUT2D eigenvalue weighted by molar-refractivity contribution is 0.102. The fraction of sp³-hybridized carbons (Fsp3) is 0.0714. The van der Waals surface area contributed by atoms with Crippen molar-refractivity contribution in [1.82, 2.24) is 0 Å². The number of methoxy groups -OCH3 is 1. The van der Waals surface area contributed by atoms with Gasteiger partial charge in [0, 0.05) is 0 Å². The van der Waals surface area contributed by atoms with Crippen molar-refractivity contribution in [2.45, 2.75) is 0 Å². The molecule has 2 rings (SSSR count). The maximum Gasteiger partial charge on any atom is 0.257 e. The summed E-state index contributed by atoms with van der Waals surface area (Å²) < 4.78 is 31.2. The predicted octanol–water partition coefficient (Wildman–Crippen LogP) is 3.88. The number of halogens is 3. The fourth-order valence-electron chi connectivity index (χ4n) is 1.63. The van der Waals surface area contributed by atoms with Crippen LogP contribution in [0.25, 0.3) is 0 Å². The van der Waals surface area contributed by atoms with Gasteiger partial charge in [-0.05, 0) is 24.3 Å². The largest absolute Gasteiger partial charge is 0.495 e. The summed E-state index contributed by atoms with van der Waals surface area (Å²) in [5, 5.41) is 2.36. The standard InChI is InChI=1S/C14H10ClF2NO2/c1-20-13-5-3-2-4-12(13)18-14(19)8-6-10(16)11(17)7-9(8)15/h2-7H,1H3,(H,18,19). The van der Waals surface area contributed by atoms with Crippen LogP contribution in [-0.2, 0) is 0 Å². The van der Waals surface area contributed by atoms with Crippen molar-refractivity contribution in [3.8, 4) is 5.75 Å². The molecule has 0 bridgehead atoms. The quantitative estimate of drug-likeness (QED) is 0.873. The zero-order valence-corrected chi connectivity index (χ0v) is 11.2. The van der Waals surface area contributed by atoms with Gasteiger partial charge in [-0.15, -0.1) is 0 Å². The molecule has 0 fully saturated rings. The average Bonchev–Trinajstić information content (AvgIpc) is 2.43. The molecule has 0 radical (unpaired) electrons. The van der Waals surface area contributed by atoms with Gasteiger partial charge in [0.05, 0.1) is 23.4 Å². The van der Waals surface area contributed by atoms with Crippen LogP contribution in [0.15, 0.2) is 36.4 Å². The first-order chi connectivity index (χ1) is 9.52. The molecule has 20 heavy (non-hydrogen) atoms. The smallest absolute Gasteiger partial charge is 0.257 e. The van der Waals surface area contributed by atoms with E-state index in [0.717, 1.165) is 12.1 Å². The summed E-state index contributed by atoms with van der Waals surface area (Å²) in [5.41, 5.74) is 0.247. The van der Waals surface area contributed by atoms with Crippen molar-refractivity contribution in [2.24, 2.45) is 0 Å². The third-order valence-corrected chi connectivity index (χ3v) is 2.92. The molecule has 0 saturated carbocycles. The van der Waals surface area contributed by atoms with Gasteiger partial charge in [-0.2, -0.15) is 0 Å². The van der Waals surface area contributed by atoms with E-state index in [2.05, 4.69) is 5.32 Å². The van der Waals surface area contributed by atoms with Crippen molar-refractivity contribution in [3.63, 3.8) is 0 Å². The molecule has 0 aliphatic rings. The van der Waals surface area contributed by atoms with Crippen LogP contribution in [0.2, 0.25) is 5.02 Å². The van der Waals surface area contributed by atoms with E-state index in [1.165, 1.54) is 7.11 Å². The normalized spacial score (nSPS) is 10.2. The minimum atomic E-state index is -1.14. The van der Waals surface area contributed by atoms with Crippen LogP contribution in [-0.4, -0.2) is 13.0 Å². The Morgan fingerprint density at radius 3 is 2.55 bits per heavy atom. The molecule has 0 heterocycles. The van der Waals surface area contributed by atoms with Gasteiger partial charge < -0.3 is 10.1 Å². The molecule has 0 unspecified atom stereocenters. The lowest BCUT2D eigenvalue weighted by atomic mass is 10.2. The Bertz CT molecular complexity index is 662. The first-order valence-electron chi connectivity index (χ1n) is 5.62. The third-order valence-electron chi connectivity index (χ3n) is 2.61. The van der Waals surface area contributed by atoms with Crippen molar-refractivity contribution >= 4 is 23.2 Å². The Balaban J connectivity index is 2.31. The van der Waals surface area contributed by atoms with Crippen LogP contribution in [0.3, 0.4) is 0 Å². The molecule has 0 aromatic heterocycles. The summed E-state index contributed by atoms with van der Waals surface area (Å²) in [6.45, 7) is 0. The monoisotopic (exact) mass is 297 g/mol. The number of rotatable bonds is 3. The molecule has 0 saturated heterocycles. The van der Waals surface area contributed by atoms with E-state index < -0.39 is 17.5 Å². The SMILES string of the molecule is COc1ccccc1NC(=O)c1cc(F)c(F)cc1Cl. The Morgan fingerprint density at radius 2 is 1.85 bits per heavy atom. The predicted molar refractivity (Wildman–Crippen MR) is 72.3 cm³/mol. The average molecular weight is 298 g/mol. The molecule has 1 amide bonds. The number of para-hydroxylation sites is 2. The molecular weight excluding hydrogens is 288 g/mol. The van der Waals surface area contributed by atoms with Gasteiger partial charge in [-0.25, -0.2) is 8.78 Å². The zero-order chi connectivity index (χ0) is 14.7. The molecule has 0 atom stereocenters. The van der Waals surface area contributed by atoms with Crippen LogP contribution in [0.4, 0.5) is 14.5 Å². The van der Waals surface area contributed by atoms with E-state index in [1.807, 2.05) is 0 Å². The second-order valence-electron chi connectivity index (χ2n) is 3.90. The van der Waals surface area contributed by atoms with Gasteiger partial charge in [-0.3, -0.25) is 4.79 Å². The number of ether oxygens (including phenoxy) is 1. The van der Waals surface area contributed by atoms with Crippen molar-refractivity contribution in [3.05, 3.63) is 58.6 Å². The maximum atomic E-state index is 13.2. The van der Waals surface area contributed by atoms with Gasteiger partial charge in [0.2, 0.25) is 0 Å². The minimum absolute atomic E-state index is 0.156. The number of amides is 1. The molecule has 1 N–H and O–H groups in total. The summed E-state index contributed by atoms with van der Waals surface area (Å²) in [5.74, 6) is -2.46. The number of carbonyl (C=O) groups is 1. The molecule has 0 aliphatic heterocycles. The van der Waals surface area contributed by atoms with Crippen LogP contribution in [0.1, 0.15) is 10.4 Å². The molecule has 2 aromatic carbocycles. The Hall–Kier alpha value is -2.14. The lowest BCUT2D eigenvalue weighted by Gasteiger charge is -2.10. The summed E-state index contributed by atoms with van der Waals surface area (Å²) >= 11 is 5.74. The highest BCUT2D eigenvalue weighted by molar-refractivity contribution is 6.34. The van der Waals surface area contributed by atoms with E-state index >= 15 is 0 Å². The molecular formula is C14H10ClF2NO2. The fourth-order valence-corrected chi connectivity index (χ4v) is 1.87. The number of anilines is 1. The van der Waals surface area contributed by atoms with Gasteiger partial charge in [0.25, 0.3) is 5.91 Å². The molecule has 3 nitrogen and oxygen atoms in total. The van der Waals surface area contributed by atoms with E-state index in [4.69, 9.17) is 16.3 Å². The first kappa shape index (κ1) is 14.3. The maximum absolute atomic E-state index is 13.2. The summed E-state index contributed by atoms with van der Waals surface area (Å²) in [6, 6.07) is 8.22. The first-order valence-corrected chi connectivity index (χ1v) is 5.99. The number of hydrogen-bond donors (Lipinski definition) is 1. The third kappa shape index (κ3) is 2.88. The Kier molecular flexibility index (Phi) is 4.20. The summed E-state index contributed by atoms with van der Waals surface area (Å²) in [6.07, 6.45) is 0. The number of hydrogen-bond acceptors (Lipinski definition) is 2. The van der Waals surface area contributed by atoms with Crippen molar-refractivity contribution in [2.75, 3.05) is 12.4 Å². The van der Waals surface area contributed by atoms with Crippen LogP contribution in [0, 0.1) is 11.6 Å². The molecule has 2 aromatic rings. The van der Waals surface area contributed by atoms with E-state index in [9.17, 15) is 13.6 Å². The number of carbonyl (C=O) groups excluding carboxylic acids is 1. The topological polar surface area (TPSA) is 38.3 Å². The van der Waals surface area contributed by atoms with Gasteiger partial charge in [-0.1, -0.05) is 23.7 Å². The second kappa shape index (κ2) is 5.88. The van der Waals surface area contributed by atoms with Crippen LogP contribution in [0.5, 0.6) is 5.75 Å². The van der Waals surface area contributed by atoms with E-state index in [-0.39, 0.29) is 10.6 Å². The van der Waals surface area contributed by atoms with Gasteiger partial charge >= 0.3 is 0 Å². The number of benzene rings is 2. The zero-order valence-electron chi connectivity index (χ0n) is 10.4. The lowest BCUT2D eigenvalue weighted by Crippen LogP contribution is -2.14. The highest BCUT2D eigenvalue weighted by atomic mass is 35.5. The Labute approximate surface area is 119 Å². The van der Waals surface area contributed by atoms with E-state index in [0.29, 0.717) is 11.4 Å². The molecule has 6 heteroatoms. The van der Waals surface area contributed by atoms with Crippen LogP contribution >= 0.6 is 11.6 Å². The van der Waals surface area contributed by atoms with Gasteiger partial charge in [0.15, 0.2) is 11.6 Å². The summed E-state index contributed by atoms with van der Waals surface area (Å²) in [7, 11) is 1.45. The molecule has 104 valence electrons. The van der Waals surface area contributed by atoms with Gasteiger partial charge in [0.1, 0.15) is 5.75 Å². The summed E-state index contributed by atoms with van der Waals surface area (Å²) in [4.78, 5) is 12.0. The Morgan fingerprint density at radius 1 is 1.20 bits per heavy atom. The van der Waals surface area contributed by atoms with Crippen molar-refractivity contribution < 1.29 is 18.3 Å². The highest BCUT2D eigenvalue weighted by Gasteiger charge is 2.16. The highest BCUT2D eigenvalue weighted by Crippen LogP contribution is 2.26. The van der Waals surface area contributed by atoms with E-state index in [1.54, 1.807) is 24.3 Å². The van der Waals surface area contributed by atoms with Crippen LogP contribution < -0.4 is 10.1 Å². The van der Waals surface area contributed by atoms with Crippen molar-refractivity contribution in [1.29, 1.82) is 0 Å².